The smallest absolute Gasteiger partial charge is 0.287 e. The Hall–Kier alpha value is -1.89. The predicted octanol–water partition coefficient (Wildman–Crippen LogP) is 1.55. The first-order chi connectivity index (χ1) is 9.53. The van der Waals surface area contributed by atoms with E-state index in [9.17, 15) is 14.9 Å². The average molecular weight is 283 g/mol. The van der Waals surface area contributed by atoms with Gasteiger partial charge in [0.2, 0.25) is 0 Å². The molecule has 0 aromatic carbocycles. The molecule has 0 aliphatic heterocycles. The standard InChI is InChI=1S/C13H21N3O4/c1-3-10(5-6-17)8-14-13(18)12-7-11(16(19)20)9-15(12)4-2/h7,9-10,17H,3-6,8H2,1-2H3,(H,14,18). The molecule has 0 aliphatic carbocycles. The number of carbonyl (C=O) groups excluding carboxylic acids is 1. The number of nitro groups is 1. The van der Waals surface area contributed by atoms with Crippen LogP contribution in [0.25, 0.3) is 0 Å². The number of amides is 1. The molecule has 0 spiro atoms. The van der Waals surface area contributed by atoms with Crippen molar-refractivity contribution < 1.29 is 14.8 Å². The third-order valence-corrected chi connectivity index (χ3v) is 3.33. The van der Waals surface area contributed by atoms with Gasteiger partial charge in [-0.25, -0.2) is 0 Å². The summed E-state index contributed by atoms with van der Waals surface area (Å²) in [5.74, 6) is -0.111. The molecule has 0 bridgehead atoms. The molecule has 1 heterocycles. The SMILES string of the molecule is CCC(CCO)CNC(=O)c1cc([N+](=O)[O-])cn1CC. The molecule has 1 rings (SSSR count). The lowest BCUT2D eigenvalue weighted by Crippen LogP contribution is -2.31. The zero-order valence-electron chi connectivity index (χ0n) is 11.8. The summed E-state index contributed by atoms with van der Waals surface area (Å²) in [6.45, 7) is 4.85. The van der Waals surface area contributed by atoms with Crippen LogP contribution in [0.15, 0.2) is 12.3 Å². The fourth-order valence-electron chi connectivity index (χ4n) is 2.01. The van der Waals surface area contributed by atoms with Crippen LogP contribution in [0.5, 0.6) is 0 Å². The molecule has 1 unspecified atom stereocenters. The Balaban J connectivity index is 2.74. The summed E-state index contributed by atoms with van der Waals surface area (Å²) in [6.07, 6.45) is 2.85. The minimum absolute atomic E-state index is 0.0839. The van der Waals surface area contributed by atoms with E-state index in [4.69, 9.17) is 5.11 Å². The molecule has 7 heteroatoms. The summed E-state index contributed by atoms with van der Waals surface area (Å²) in [4.78, 5) is 22.3. The monoisotopic (exact) mass is 283 g/mol. The van der Waals surface area contributed by atoms with Crippen molar-refractivity contribution in [3.63, 3.8) is 0 Å². The molecule has 7 nitrogen and oxygen atoms in total. The average Bonchev–Trinajstić information content (AvgIpc) is 2.87. The van der Waals surface area contributed by atoms with E-state index in [0.717, 1.165) is 6.42 Å². The molecule has 0 radical (unpaired) electrons. The number of nitrogens with zero attached hydrogens (tertiary/aromatic N) is 2. The Morgan fingerprint density at radius 3 is 2.75 bits per heavy atom. The number of aryl methyl sites for hydroxylation is 1. The van der Waals surface area contributed by atoms with E-state index < -0.39 is 4.92 Å². The highest BCUT2D eigenvalue weighted by Gasteiger charge is 2.19. The van der Waals surface area contributed by atoms with Crippen LogP contribution in [0.3, 0.4) is 0 Å². The molecular weight excluding hydrogens is 262 g/mol. The number of aromatic nitrogens is 1. The van der Waals surface area contributed by atoms with Crippen LogP contribution in [0.4, 0.5) is 5.69 Å². The van der Waals surface area contributed by atoms with E-state index in [1.807, 2.05) is 13.8 Å². The van der Waals surface area contributed by atoms with Crippen LogP contribution < -0.4 is 5.32 Å². The fourth-order valence-corrected chi connectivity index (χ4v) is 2.01. The number of nitrogens with one attached hydrogen (secondary N) is 1. The van der Waals surface area contributed by atoms with Gasteiger partial charge in [0.05, 0.1) is 11.1 Å². The van der Waals surface area contributed by atoms with Gasteiger partial charge in [0.25, 0.3) is 11.6 Å². The summed E-state index contributed by atoms with van der Waals surface area (Å²) < 4.78 is 1.56. The third kappa shape index (κ3) is 4.06. The molecule has 1 aromatic rings. The summed E-state index contributed by atoms with van der Waals surface area (Å²) >= 11 is 0. The van der Waals surface area contributed by atoms with Gasteiger partial charge in [-0.15, -0.1) is 0 Å². The second-order valence-electron chi connectivity index (χ2n) is 4.62. The van der Waals surface area contributed by atoms with E-state index in [-0.39, 0.29) is 29.8 Å². The highest BCUT2D eigenvalue weighted by Crippen LogP contribution is 2.16. The Kier molecular flexibility index (Phi) is 6.17. The minimum Gasteiger partial charge on any atom is -0.396 e. The third-order valence-electron chi connectivity index (χ3n) is 3.33. The first kappa shape index (κ1) is 16.2. The van der Waals surface area contributed by atoms with Crippen LogP contribution in [0, 0.1) is 16.0 Å². The minimum atomic E-state index is -0.510. The zero-order valence-corrected chi connectivity index (χ0v) is 11.8. The normalized spacial score (nSPS) is 12.2. The Bertz CT molecular complexity index is 470. The van der Waals surface area contributed by atoms with Crippen LogP contribution in [-0.4, -0.2) is 33.7 Å². The highest BCUT2D eigenvalue weighted by molar-refractivity contribution is 5.93. The van der Waals surface area contributed by atoms with Crippen LogP contribution in [0.1, 0.15) is 37.2 Å². The van der Waals surface area contributed by atoms with Crippen molar-refractivity contribution in [1.82, 2.24) is 9.88 Å². The van der Waals surface area contributed by atoms with Gasteiger partial charge in [0.1, 0.15) is 5.69 Å². The topological polar surface area (TPSA) is 97.4 Å². The van der Waals surface area contributed by atoms with Crippen molar-refractivity contribution in [2.24, 2.45) is 5.92 Å². The summed E-state index contributed by atoms with van der Waals surface area (Å²) in [5, 5.41) is 22.4. The van der Waals surface area contributed by atoms with Crippen molar-refractivity contribution in [1.29, 1.82) is 0 Å². The van der Waals surface area contributed by atoms with Crippen LogP contribution >= 0.6 is 0 Å². The lowest BCUT2D eigenvalue weighted by molar-refractivity contribution is -0.384. The molecular formula is C13H21N3O4. The Morgan fingerprint density at radius 2 is 2.25 bits per heavy atom. The van der Waals surface area contributed by atoms with Crippen molar-refractivity contribution in [3.05, 3.63) is 28.1 Å². The molecule has 1 atom stereocenters. The lowest BCUT2D eigenvalue weighted by atomic mass is 10.0. The van der Waals surface area contributed by atoms with Gasteiger partial charge >= 0.3 is 0 Å². The highest BCUT2D eigenvalue weighted by atomic mass is 16.6. The van der Waals surface area contributed by atoms with Crippen molar-refractivity contribution in [3.8, 4) is 0 Å². The van der Waals surface area contributed by atoms with E-state index in [0.29, 0.717) is 19.5 Å². The largest absolute Gasteiger partial charge is 0.396 e. The fraction of sp³-hybridized carbons (Fsp3) is 0.615. The molecule has 0 saturated heterocycles. The quantitative estimate of drug-likeness (QED) is 0.558. The molecule has 2 N–H and O–H groups in total. The Labute approximate surface area is 117 Å². The first-order valence-electron chi connectivity index (χ1n) is 6.77. The van der Waals surface area contributed by atoms with Gasteiger partial charge in [-0.05, 0) is 19.3 Å². The zero-order chi connectivity index (χ0) is 15.1. The molecule has 1 amide bonds. The van der Waals surface area contributed by atoms with Crippen LogP contribution in [0.2, 0.25) is 0 Å². The number of carbonyl (C=O) groups is 1. The molecule has 0 saturated carbocycles. The second-order valence-corrected chi connectivity index (χ2v) is 4.62. The van der Waals surface area contributed by atoms with E-state index in [1.54, 1.807) is 4.57 Å². The predicted molar refractivity (Wildman–Crippen MR) is 74.6 cm³/mol. The number of aliphatic hydroxyl groups excluding tert-OH is 1. The summed E-state index contributed by atoms with van der Waals surface area (Å²) in [5.41, 5.74) is 0.206. The van der Waals surface area contributed by atoms with Gasteiger partial charge in [-0.1, -0.05) is 13.3 Å². The van der Waals surface area contributed by atoms with Gasteiger partial charge in [-0.2, -0.15) is 0 Å². The molecule has 0 fully saturated rings. The maximum absolute atomic E-state index is 12.1. The maximum Gasteiger partial charge on any atom is 0.287 e. The van der Waals surface area contributed by atoms with Gasteiger partial charge in [0, 0.05) is 25.8 Å². The van der Waals surface area contributed by atoms with Crippen molar-refractivity contribution in [2.75, 3.05) is 13.2 Å². The van der Waals surface area contributed by atoms with Gasteiger partial charge in [-0.3, -0.25) is 14.9 Å². The second kappa shape index (κ2) is 7.64. The first-order valence-corrected chi connectivity index (χ1v) is 6.77. The van der Waals surface area contributed by atoms with Crippen molar-refractivity contribution >= 4 is 11.6 Å². The number of aliphatic hydroxyl groups is 1. The number of rotatable bonds is 8. The van der Waals surface area contributed by atoms with E-state index in [1.165, 1.54) is 12.3 Å². The molecule has 1 aromatic heterocycles. The molecule has 112 valence electrons. The lowest BCUT2D eigenvalue weighted by Gasteiger charge is -2.14. The molecule has 0 aliphatic rings. The van der Waals surface area contributed by atoms with E-state index in [2.05, 4.69) is 5.32 Å². The maximum atomic E-state index is 12.1. The summed E-state index contributed by atoms with van der Waals surface area (Å²) in [6, 6.07) is 1.28. The van der Waals surface area contributed by atoms with E-state index >= 15 is 0 Å². The number of hydrogen-bond acceptors (Lipinski definition) is 4. The summed E-state index contributed by atoms with van der Waals surface area (Å²) in [7, 11) is 0. The number of hydrogen-bond donors (Lipinski definition) is 2. The van der Waals surface area contributed by atoms with Gasteiger partial charge in [0.15, 0.2) is 0 Å². The molecule has 20 heavy (non-hydrogen) atoms. The van der Waals surface area contributed by atoms with Crippen LogP contribution in [-0.2, 0) is 6.54 Å². The Morgan fingerprint density at radius 1 is 1.55 bits per heavy atom. The van der Waals surface area contributed by atoms with Crippen molar-refractivity contribution in [2.45, 2.75) is 33.2 Å². The van der Waals surface area contributed by atoms with Gasteiger partial charge < -0.3 is 15.0 Å².